The van der Waals surface area contributed by atoms with Crippen LogP contribution in [-0.4, -0.2) is 28.5 Å². The monoisotopic (exact) mass is 346 g/mol. The van der Waals surface area contributed by atoms with E-state index < -0.39 is 12.1 Å². The summed E-state index contributed by atoms with van der Waals surface area (Å²) in [6.07, 6.45) is 1.79. The molecule has 0 aliphatic carbocycles. The number of H-pyrrole nitrogens is 1. The Morgan fingerprint density at radius 2 is 2.04 bits per heavy atom. The van der Waals surface area contributed by atoms with Gasteiger partial charge in [0.2, 0.25) is 0 Å². The lowest BCUT2D eigenvalue weighted by Gasteiger charge is -2.13. The van der Waals surface area contributed by atoms with Gasteiger partial charge in [0, 0.05) is 13.0 Å². The van der Waals surface area contributed by atoms with Gasteiger partial charge in [0.1, 0.15) is 0 Å². The van der Waals surface area contributed by atoms with Crippen LogP contribution in [0.5, 0.6) is 0 Å². The van der Waals surface area contributed by atoms with Crippen molar-refractivity contribution in [3.8, 4) is 0 Å². The number of unbranched alkanes of at least 4 members (excludes halogenated alkanes) is 2. The van der Waals surface area contributed by atoms with Gasteiger partial charge in [-0.15, -0.1) is 0 Å². The van der Waals surface area contributed by atoms with Crippen LogP contribution in [-0.2, 0) is 9.53 Å². The largest absolute Gasteiger partial charge is 0.454 e. The van der Waals surface area contributed by atoms with Crippen LogP contribution >= 0.6 is 0 Å². The highest BCUT2D eigenvalue weighted by Crippen LogP contribution is 2.15. The van der Waals surface area contributed by atoms with Crippen molar-refractivity contribution in [3.05, 3.63) is 40.4 Å². The molecule has 1 heterocycles. The Hall–Kier alpha value is -2.90. The number of nitrogens with one attached hydrogen (secondary N) is 2. The first-order chi connectivity index (χ1) is 12.0. The number of aromatic amines is 1. The van der Waals surface area contributed by atoms with E-state index in [-0.39, 0.29) is 17.9 Å². The summed E-state index contributed by atoms with van der Waals surface area (Å²) in [5.41, 5.74) is 5.26. The zero-order valence-corrected chi connectivity index (χ0v) is 14.1. The standard InChI is InChI=1S/C17H22N4O4/c1-11(25-14(22)9-3-2-6-10-19-17(18)24)15-20-13-8-5-4-7-12(13)16(23)21-15/h4-5,7-8,11H,2-3,6,9-10H2,1H3,(H3,18,19,24)(H,20,21,23)/t11-/m1/s1. The Bertz CT molecular complexity index is 803. The number of nitrogens with zero attached hydrogens (tertiary/aromatic N) is 1. The molecule has 25 heavy (non-hydrogen) atoms. The van der Waals surface area contributed by atoms with Gasteiger partial charge in [-0.05, 0) is 31.9 Å². The molecular weight excluding hydrogens is 324 g/mol. The molecule has 2 amide bonds. The molecule has 0 saturated carbocycles. The van der Waals surface area contributed by atoms with E-state index in [1.54, 1.807) is 31.2 Å². The van der Waals surface area contributed by atoms with Crippen molar-refractivity contribution >= 4 is 22.9 Å². The molecule has 8 heteroatoms. The van der Waals surface area contributed by atoms with E-state index in [4.69, 9.17) is 10.5 Å². The zero-order valence-electron chi connectivity index (χ0n) is 14.1. The highest BCUT2D eigenvalue weighted by Gasteiger charge is 2.15. The molecule has 0 aliphatic rings. The van der Waals surface area contributed by atoms with Gasteiger partial charge in [-0.3, -0.25) is 9.59 Å². The number of aromatic nitrogens is 2. The van der Waals surface area contributed by atoms with Crippen LogP contribution < -0.4 is 16.6 Å². The average molecular weight is 346 g/mol. The van der Waals surface area contributed by atoms with Gasteiger partial charge in [-0.2, -0.15) is 0 Å². The Balaban J connectivity index is 1.83. The van der Waals surface area contributed by atoms with Crippen LogP contribution in [0.1, 0.15) is 44.5 Å². The van der Waals surface area contributed by atoms with Crippen molar-refractivity contribution in [2.75, 3.05) is 6.54 Å². The molecule has 0 spiro atoms. The van der Waals surface area contributed by atoms with Crippen LogP contribution in [0, 0.1) is 0 Å². The molecule has 4 N–H and O–H groups in total. The number of carbonyl (C=O) groups excluding carboxylic acids is 2. The third-order valence-electron chi connectivity index (χ3n) is 3.68. The molecule has 2 rings (SSSR count). The van der Waals surface area contributed by atoms with Crippen molar-refractivity contribution < 1.29 is 14.3 Å². The van der Waals surface area contributed by atoms with Crippen LogP contribution in [0.2, 0.25) is 0 Å². The minimum atomic E-state index is -0.638. The summed E-state index contributed by atoms with van der Waals surface area (Å²) in [5.74, 6) is -0.0334. The minimum absolute atomic E-state index is 0.259. The Morgan fingerprint density at radius 3 is 2.80 bits per heavy atom. The lowest BCUT2D eigenvalue weighted by atomic mass is 10.2. The number of ether oxygens (including phenoxy) is 1. The second-order valence-corrected chi connectivity index (χ2v) is 5.70. The fourth-order valence-electron chi connectivity index (χ4n) is 2.39. The van der Waals surface area contributed by atoms with E-state index in [2.05, 4.69) is 15.3 Å². The summed E-state index contributed by atoms with van der Waals surface area (Å²) in [7, 11) is 0. The number of primary amides is 1. The maximum absolute atomic E-state index is 12.0. The third-order valence-corrected chi connectivity index (χ3v) is 3.68. The molecular formula is C17H22N4O4. The predicted molar refractivity (Wildman–Crippen MR) is 92.9 cm³/mol. The van der Waals surface area contributed by atoms with E-state index >= 15 is 0 Å². The normalized spacial score (nSPS) is 11.9. The fraction of sp³-hybridized carbons (Fsp3) is 0.412. The van der Waals surface area contributed by atoms with Crippen LogP contribution in [0.25, 0.3) is 10.9 Å². The maximum atomic E-state index is 12.0. The molecule has 0 saturated heterocycles. The topological polar surface area (TPSA) is 127 Å². The summed E-state index contributed by atoms with van der Waals surface area (Å²) < 4.78 is 5.32. The summed E-state index contributed by atoms with van der Waals surface area (Å²) in [6.45, 7) is 2.16. The quantitative estimate of drug-likeness (QED) is 0.496. The molecule has 0 aliphatic heterocycles. The molecule has 134 valence electrons. The van der Waals surface area contributed by atoms with Gasteiger partial charge < -0.3 is 20.8 Å². The van der Waals surface area contributed by atoms with Gasteiger partial charge in [-0.1, -0.05) is 18.6 Å². The second kappa shape index (κ2) is 8.81. The summed E-state index contributed by atoms with van der Waals surface area (Å²) >= 11 is 0. The predicted octanol–water partition coefficient (Wildman–Crippen LogP) is 1.76. The van der Waals surface area contributed by atoms with Gasteiger partial charge >= 0.3 is 12.0 Å². The maximum Gasteiger partial charge on any atom is 0.312 e. The first-order valence-electron chi connectivity index (χ1n) is 8.19. The molecule has 0 unspecified atom stereocenters. The third kappa shape index (κ3) is 5.59. The lowest BCUT2D eigenvalue weighted by molar-refractivity contribution is -0.149. The van der Waals surface area contributed by atoms with E-state index in [0.717, 1.165) is 12.8 Å². The molecule has 8 nitrogen and oxygen atoms in total. The number of urea groups is 1. The van der Waals surface area contributed by atoms with Gasteiger partial charge in [0.15, 0.2) is 11.9 Å². The number of esters is 1. The van der Waals surface area contributed by atoms with Crippen LogP contribution in [0.3, 0.4) is 0 Å². The first kappa shape index (κ1) is 18.4. The smallest absolute Gasteiger partial charge is 0.312 e. The Kier molecular flexibility index (Phi) is 6.50. The summed E-state index contributed by atoms with van der Waals surface area (Å²) in [6, 6.07) is 6.44. The molecule has 0 fully saturated rings. The number of fused-ring (bicyclic) bond motifs is 1. The van der Waals surface area contributed by atoms with Crippen LogP contribution in [0.15, 0.2) is 29.1 Å². The zero-order chi connectivity index (χ0) is 18.2. The number of benzene rings is 1. The number of hydrogen-bond acceptors (Lipinski definition) is 5. The van der Waals surface area contributed by atoms with Gasteiger partial charge in [-0.25, -0.2) is 9.78 Å². The number of rotatable bonds is 8. The highest BCUT2D eigenvalue weighted by molar-refractivity contribution is 5.77. The van der Waals surface area contributed by atoms with Crippen LogP contribution in [0.4, 0.5) is 4.79 Å². The van der Waals surface area contributed by atoms with E-state index in [1.807, 2.05) is 0 Å². The fourth-order valence-corrected chi connectivity index (χ4v) is 2.39. The van der Waals surface area contributed by atoms with E-state index in [0.29, 0.717) is 29.7 Å². The van der Waals surface area contributed by atoms with Gasteiger partial charge in [0.25, 0.3) is 5.56 Å². The first-order valence-corrected chi connectivity index (χ1v) is 8.19. The highest BCUT2D eigenvalue weighted by atomic mass is 16.5. The van der Waals surface area contributed by atoms with E-state index in [1.165, 1.54) is 0 Å². The molecule has 2 aromatic rings. The number of nitrogens with two attached hydrogens (primary N) is 1. The Labute approximate surface area is 144 Å². The molecule has 1 aromatic carbocycles. The summed E-state index contributed by atoms with van der Waals surface area (Å²) in [5, 5.41) is 2.98. The van der Waals surface area contributed by atoms with Crippen molar-refractivity contribution in [2.45, 2.75) is 38.7 Å². The SMILES string of the molecule is C[C@@H](OC(=O)CCCCCNC(N)=O)c1nc2ccccc2c(=O)[nH]1. The molecule has 1 aromatic heterocycles. The molecule has 0 bridgehead atoms. The second-order valence-electron chi connectivity index (χ2n) is 5.70. The van der Waals surface area contributed by atoms with Gasteiger partial charge in [0.05, 0.1) is 10.9 Å². The number of hydrogen-bond donors (Lipinski definition) is 3. The number of para-hydroxylation sites is 1. The minimum Gasteiger partial charge on any atom is -0.454 e. The van der Waals surface area contributed by atoms with Crippen molar-refractivity contribution in [3.63, 3.8) is 0 Å². The summed E-state index contributed by atoms with van der Waals surface area (Å²) in [4.78, 5) is 41.4. The van der Waals surface area contributed by atoms with Crippen molar-refractivity contribution in [2.24, 2.45) is 5.73 Å². The lowest BCUT2D eigenvalue weighted by Crippen LogP contribution is -2.29. The molecule has 1 atom stereocenters. The molecule has 0 radical (unpaired) electrons. The Morgan fingerprint density at radius 1 is 1.28 bits per heavy atom. The van der Waals surface area contributed by atoms with Crippen molar-refractivity contribution in [1.29, 1.82) is 0 Å². The number of carbonyl (C=O) groups is 2. The van der Waals surface area contributed by atoms with Crippen molar-refractivity contribution in [1.82, 2.24) is 15.3 Å². The number of amides is 2. The average Bonchev–Trinajstić information content (AvgIpc) is 2.57. The van der Waals surface area contributed by atoms with E-state index in [9.17, 15) is 14.4 Å².